The van der Waals surface area contributed by atoms with Gasteiger partial charge in [-0.05, 0) is 37.7 Å². The number of halogens is 1. The molecule has 20 heavy (non-hydrogen) atoms. The second kappa shape index (κ2) is 6.07. The number of aryl methyl sites for hydroxylation is 1. The highest BCUT2D eigenvalue weighted by Crippen LogP contribution is 2.23. The van der Waals surface area contributed by atoms with Gasteiger partial charge in [0.2, 0.25) is 0 Å². The zero-order chi connectivity index (χ0) is 14.7. The molecule has 2 rings (SSSR count). The van der Waals surface area contributed by atoms with Crippen LogP contribution in [0.2, 0.25) is 5.02 Å². The summed E-state index contributed by atoms with van der Waals surface area (Å²) in [5.74, 6) is 1.72. The zero-order valence-electron chi connectivity index (χ0n) is 11.3. The molecule has 1 heterocycles. The van der Waals surface area contributed by atoms with Crippen molar-refractivity contribution in [1.82, 2.24) is 4.90 Å². The van der Waals surface area contributed by atoms with Crippen molar-refractivity contribution in [2.45, 2.75) is 20.0 Å². The molecule has 0 aliphatic rings. The van der Waals surface area contributed by atoms with E-state index in [-0.39, 0.29) is 5.69 Å². The summed E-state index contributed by atoms with van der Waals surface area (Å²) < 4.78 is 5.50. The van der Waals surface area contributed by atoms with Crippen molar-refractivity contribution >= 4 is 17.3 Å². The Morgan fingerprint density at radius 1 is 1.30 bits per heavy atom. The van der Waals surface area contributed by atoms with E-state index in [0.717, 1.165) is 17.1 Å². The maximum Gasteiger partial charge on any atom is 0.269 e. The molecule has 1 aromatic heterocycles. The highest BCUT2D eigenvalue weighted by atomic mass is 35.5. The molecular weight excluding hydrogens is 280 g/mol. The van der Waals surface area contributed by atoms with Crippen LogP contribution >= 0.6 is 11.6 Å². The average Bonchev–Trinajstić information content (AvgIpc) is 2.77. The molecule has 6 heteroatoms. The molecule has 2 aromatic rings. The van der Waals surface area contributed by atoms with Gasteiger partial charge in [0.05, 0.1) is 11.5 Å². The number of nitro groups is 1. The number of non-ortho nitro benzene ring substituents is 1. The van der Waals surface area contributed by atoms with Crippen LogP contribution in [-0.2, 0) is 13.1 Å². The van der Waals surface area contributed by atoms with Gasteiger partial charge in [0.25, 0.3) is 5.69 Å². The first-order chi connectivity index (χ1) is 9.45. The van der Waals surface area contributed by atoms with Crippen LogP contribution in [0.15, 0.2) is 34.7 Å². The minimum Gasteiger partial charge on any atom is -0.465 e. The first kappa shape index (κ1) is 14.6. The average molecular weight is 295 g/mol. The van der Waals surface area contributed by atoms with Gasteiger partial charge in [-0.2, -0.15) is 0 Å². The van der Waals surface area contributed by atoms with Gasteiger partial charge in [0.1, 0.15) is 11.5 Å². The molecule has 0 N–H and O–H groups in total. The summed E-state index contributed by atoms with van der Waals surface area (Å²) >= 11 is 6.08. The Bertz CT molecular complexity index is 625. The number of rotatable bonds is 5. The number of hydrogen-bond acceptors (Lipinski definition) is 4. The Balaban J connectivity index is 2.08. The standard InChI is InChI=1S/C14H15ClN2O3/c1-10-3-5-13(20-10)9-16(2)8-11-7-12(17(18)19)4-6-14(11)15/h3-7H,8-9H2,1-2H3. The van der Waals surface area contributed by atoms with E-state index in [4.69, 9.17) is 16.0 Å². The molecule has 0 aliphatic carbocycles. The van der Waals surface area contributed by atoms with Gasteiger partial charge in [-0.25, -0.2) is 0 Å². The Labute approximate surface area is 121 Å². The first-order valence-electron chi connectivity index (χ1n) is 6.12. The smallest absolute Gasteiger partial charge is 0.269 e. The second-order valence-corrected chi connectivity index (χ2v) is 5.12. The largest absolute Gasteiger partial charge is 0.465 e. The number of nitro benzene ring substituents is 1. The van der Waals surface area contributed by atoms with Gasteiger partial charge >= 0.3 is 0 Å². The van der Waals surface area contributed by atoms with Crippen molar-refractivity contribution in [3.05, 3.63) is 62.6 Å². The highest BCUT2D eigenvalue weighted by molar-refractivity contribution is 6.31. The molecule has 0 aliphatic heterocycles. The van der Waals surface area contributed by atoms with Gasteiger partial charge < -0.3 is 4.42 Å². The third-order valence-corrected chi connectivity index (χ3v) is 3.27. The maximum absolute atomic E-state index is 10.8. The second-order valence-electron chi connectivity index (χ2n) is 4.72. The molecule has 5 nitrogen and oxygen atoms in total. The highest BCUT2D eigenvalue weighted by Gasteiger charge is 2.12. The fourth-order valence-electron chi connectivity index (χ4n) is 1.98. The van der Waals surface area contributed by atoms with E-state index in [1.807, 2.05) is 31.0 Å². The van der Waals surface area contributed by atoms with E-state index in [9.17, 15) is 10.1 Å². The minimum atomic E-state index is -0.421. The molecule has 1 aromatic carbocycles. The van der Waals surface area contributed by atoms with Crippen molar-refractivity contribution in [3.63, 3.8) is 0 Å². The third-order valence-electron chi connectivity index (χ3n) is 2.90. The number of nitrogens with zero attached hydrogens (tertiary/aromatic N) is 2. The van der Waals surface area contributed by atoms with Crippen LogP contribution in [0.5, 0.6) is 0 Å². The van der Waals surface area contributed by atoms with Gasteiger partial charge in [-0.1, -0.05) is 11.6 Å². The van der Waals surface area contributed by atoms with Crippen LogP contribution in [0.25, 0.3) is 0 Å². The van der Waals surface area contributed by atoms with Crippen LogP contribution in [-0.4, -0.2) is 16.9 Å². The lowest BCUT2D eigenvalue weighted by atomic mass is 10.2. The van der Waals surface area contributed by atoms with Crippen molar-refractivity contribution in [2.24, 2.45) is 0 Å². The molecule has 0 unspecified atom stereocenters. The van der Waals surface area contributed by atoms with Crippen molar-refractivity contribution in [3.8, 4) is 0 Å². The van der Waals surface area contributed by atoms with Crippen molar-refractivity contribution in [1.29, 1.82) is 0 Å². The van der Waals surface area contributed by atoms with Gasteiger partial charge in [0.15, 0.2) is 0 Å². The fourth-order valence-corrected chi connectivity index (χ4v) is 2.16. The Hall–Kier alpha value is -1.85. The number of benzene rings is 1. The number of furan rings is 1. The van der Waals surface area contributed by atoms with E-state index < -0.39 is 4.92 Å². The van der Waals surface area contributed by atoms with Crippen LogP contribution in [0.3, 0.4) is 0 Å². The van der Waals surface area contributed by atoms with E-state index in [2.05, 4.69) is 0 Å². The van der Waals surface area contributed by atoms with Crippen molar-refractivity contribution < 1.29 is 9.34 Å². The van der Waals surface area contributed by atoms with E-state index in [1.54, 1.807) is 6.07 Å². The summed E-state index contributed by atoms with van der Waals surface area (Å²) in [5.41, 5.74) is 0.776. The summed E-state index contributed by atoms with van der Waals surface area (Å²) in [6, 6.07) is 8.29. The normalized spacial score (nSPS) is 11.0. The summed E-state index contributed by atoms with van der Waals surface area (Å²) in [7, 11) is 1.91. The monoisotopic (exact) mass is 294 g/mol. The lowest BCUT2D eigenvalue weighted by molar-refractivity contribution is -0.384. The number of hydrogen-bond donors (Lipinski definition) is 0. The van der Waals surface area contributed by atoms with E-state index in [0.29, 0.717) is 18.1 Å². The topological polar surface area (TPSA) is 59.5 Å². The van der Waals surface area contributed by atoms with Crippen LogP contribution in [0.4, 0.5) is 5.69 Å². The Morgan fingerprint density at radius 3 is 2.65 bits per heavy atom. The Kier molecular flexibility index (Phi) is 4.42. The molecule has 106 valence electrons. The summed E-state index contributed by atoms with van der Waals surface area (Å²) in [5, 5.41) is 11.3. The van der Waals surface area contributed by atoms with Gasteiger partial charge in [-0.3, -0.25) is 15.0 Å². The maximum atomic E-state index is 10.8. The molecule has 0 amide bonds. The minimum absolute atomic E-state index is 0.0478. The Morgan fingerprint density at radius 2 is 2.05 bits per heavy atom. The SMILES string of the molecule is Cc1ccc(CN(C)Cc2cc([N+](=O)[O-])ccc2Cl)o1. The van der Waals surface area contributed by atoms with Gasteiger partial charge in [-0.15, -0.1) is 0 Å². The molecule has 0 radical (unpaired) electrons. The van der Waals surface area contributed by atoms with Crippen molar-refractivity contribution in [2.75, 3.05) is 7.05 Å². The first-order valence-corrected chi connectivity index (χ1v) is 6.50. The van der Waals surface area contributed by atoms with E-state index >= 15 is 0 Å². The quantitative estimate of drug-likeness (QED) is 0.622. The lowest BCUT2D eigenvalue weighted by Crippen LogP contribution is -2.17. The van der Waals surface area contributed by atoms with Crippen LogP contribution in [0.1, 0.15) is 17.1 Å². The molecule has 0 bridgehead atoms. The lowest BCUT2D eigenvalue weighted by Gasteiger charge is -2.16. The summed E-state index contributed by atoms with van der Waals surface area (Å²) in [4.78, 5) is 12.3. The molecular formula is C14H15ClN2O3. The fraction of sp³-hybridized carbons (Fsp3) is 0.286. The zero-order valence-corrected chi connectivity index (χ0v) is 12.1. The molecule has 0 saturated heterocycles. The van der Waals surface area contributed by atoms with Gasteiger partial charge in [0, 0.05) is 23.7 Å². The molecule has 0 saturated carbocycles. The molecule has 0 fully saturated rings. The van der Waals surface area contributed by atoms with Crippen LogP contribution in [0, 0.1) is 17.0 Å². The molecule has 0 spiro atoms. The van der Waals surface area contributed by atoms with Crippen LogP contribution < -0.4 is 0 Å². The summed E-state index contributed by atoms with van der Waals surface area (Å²) in [6.45, 7) is 3.02. The predicted octanol–water partition coefficient (Wildman–Crippen LogP) is 3.78. The molecule has 0 atom stereocenters. The summed E-state index contributed by atoms with van der Waals surface area (Å²) in [6.07, 6.45) is 0. The predicted molar refractivity (Wildman–Crippen MR) is 76.7 cm³/mol. The van der Waals surface area contributed by atoms with E-state index in [1.165, 1.54) is 12.1 Å². The third kappa shape index (κ3) is 3.59.